The van der Waals surface area contributed by atoms with E-state index in [-0.39, 0.29) is 18.1 Å². The largest absolute Gasteiger partial charge is 0.354 e. The number of aromatic nitrogens is 1. The lowest BCUT2D eigenvalue weighted by atomic mass is 9.91. The molecule has 2 aromatic rings. The number of fused-ring (bicyclic) bond motifs is 3. The summed E-state index contributed by atoms with van der Waals surface area (Å²) in [7, 11) is 0. The molecular weight excluding hydrogens is 408 g/mol. The van der Waals surface area contributed by atoms with Crippen LogP contribution in [-0.4, -0.2) is 28.5 Å². The fourth-order valence-corrected chi connectivity index (χ4v) is 4.82. The maximum absolute atomic E-state index is 14.6. The van der Waals surface area contributed by atoms with Crippen LogP contribution in [0.3, 0.4) is 0 Å². The van der Waals surface area contributed by atoms with Crippen molar-refractivity contribution < 1.29 is 13.6 Å². The Morgan fingerprint density at radius 1 is 1.16 bits per heavy atom. The van der Waals surface area contributed by atoms with E-state index in [1.165, 1.54) is 25.3 Å². The molecule has 32 heavy (non-hydrogen) atoms. The van der Waals surface area contributed by atoms with Crippen LogP contribution >= 0.6 is 0 Å². The molecule has 174 valence electrons. The number of amides is 1. The van der Waals surface area contributed by atoms with Crippen molar-refractivity contribution in [2.75, 3.05) is 6.54 Å². The van der Waals surface area contributed by atoms with E-state index < -0.39 is 11.6 Å². The minimum atomic E-state index is -0.613. The molecule has 6 heteroatoms. The van der Waals surface area contributed by atoms with E-state index in [2.05, 4.69) is 30.1 Å². The van der Waals surface area contributed by atoms with Crippen LogP contribution in [-0.2, 0) is 11.2 Å². The van der Waals surface area contributed by atoms with Gasteiger partial charge in [0, 0.05) is 23.6 Å². The molecule has 2 atom stereocenters. The third kappa shape index (κ3) is 5.32. The number of H-pyrrole nitrogens is 1. The molecule has 0 saturated heterocycles. The van der Waals surface area contributed by atoms with E-state index >= 15 is 0 Å². The predicted molar refractivity (Wildman–Crippen MR) is 125 cm³/mol. The zero-order valence-electron chi connectivity index (χ0n) is 19.3. The highest BCUT2D eigenvalue weighted by Gasteiger charge is 2.39. The number of terminal acetylenes is 1. The molecule has 1 amide bonds. The summed E-state index contributed by atoms with van der Waals surface area (Å²) in [6, 6.07) is 1.99. The van der Waals surface area contributed by atoms with Crippen LogP contribution in [0.25, 0.3) is 10.9 Å². The van der Waals surface area contributed by atoms with Crippen molar-refractivity contribution in [2.24, 2.45) is 0 Å². The van der Waals surface area contributed by atoms with Gasteiger partial charge in [-0.1, -0.05) is 58.8 Å². The fraction of sp³-hybridized carbons (Fsp3) is 0.577. The first kappa shape index (κ1) is 24.3. The number of nitrogens with zero attached hydrogens (tertiary/aromatic N) is 1. The van der Waals surface area contributed by atoms with Crippen LogP contribution in [0.15, 0.2) is 12.1 Å². The number of hydrogen-bond donors (Lipinski definition) is 2. The quantitative estimate of drug-likeness (QED) is 0.332. The second kappa shape index (κ2) is 11.5. The number of halogens is 2. The summed E-state index contributed by atoms with van der Waals surface area (Å²) in [5, 5.41) is 4.02. The molecule has 1 aliphatic rings. The standard InChI is InChI=1S/C26H35F2N3O/c1-4-7-9-10-11-12-13-22-26-20(19-15-18(27)16-21(28)25(19)30-26)17-23(29-14-8-5-2)31(22)24(32)6-3/h3,15-16,22-23,29-30H,4-5,7-14,17H2,1-2H3/t22-,23+/m0/s1. The van der Waals surface area contributed by atoms with Crippen molar-refractivity contribution in [1.82, 2.24) is 15.2 Å². The van der Waals surface area contributed by atoms with Gasteiger partial charge in [0.2, 0.25) is 0 Å². The van der Waals surface area contributed by atoms with Gasteiger partial charge in [-0.2, -0.15) is 0 Å². The minimum Gasteiger partial charge on any atom is -0.354 e. The molecule has 0 fully saturated rings. The van der Waals surface area contributed by atoms with Gasteiger partial charge < -0.3 is 9.88 Å². The first-order chi connectivity index (χ1) is 15.5. The SMILES string of the molecule is C#CC(=O)N1[C@@H](NCCCC)Cc2c([nH]c3c(F)cc(F)cc23)[C@@H]1CCCCCCCC. The van der Waals surface area contributed by atoms with Gasteiger partial charge in [0.05, 0.1) is 17.7 Å². The third-order valence-corrected chi connectivity index (χ3v) is 6.47. The van der Waals surface area contributed by atoms with E-state index in [4.69, 9.17) is 6.42 Å². The van der Waals surface area contributed by atoms with Gasteiger partial charge in [-0.05, 0) is 36.9 Å². The summed E-state index contributed by atoms with van der Waals surface area (Å²) in [5.74, 6) is 0.710. The number of carbonyl (C=O) groups is 1. The van der Waals surface area contributed by atoms with Crippen molar-refractivity contribution in [3.63, 3.8) is 0 Å². The Bertz CT molecular complexity index is 962. The molecule has 0 bridgehead atoms. The smallest absolute Gasteiger partial charge is 0.300 e. The lowest BCUT2D eigenvalue weighted by Crippen LogP contribution is -2.54. The van der Waals surface area contributed by atoms with Crippen LogP contribution in [0.4, 0.5) is 8.78 Å². The number of rotatable bonds is 11. The van der Waals surface area contributed by atoms with Gasteiger partial charge in [-0.25, -0.2) is 8.78 Å². The summed E-state index contributed by atoms with van der Waals surface area (Å²) < 4.78 is 28.6. The molecule has 1 aliphatic heterocycles. The first-order valence-electron chi connectivity index (χ1n) is 12.0. The Balaban J connectivity index is 1.96. The zero-order chi connectivity index (χ0) is 23.1. The molecule has 0 radical (unpaired) electrons. The van der Waals surface area contributed by atoms with Gasteiger partial charge in [0.1, 0.15) is 11.6 Å². The van der Waals surface area contributed by atoms with Crippen LogP contribution < -0.4 is 5.32 Å². The molecule has 0 aliphatic carbocycles. The van der Waals surface area contributed by atoms with E-state index in [0.29, 0.717) is 17.3 Å². The van der Waals surface area contributed by atoms with Crippen molar-refractivity contribution in [3.8, 4) is 12.3 Å². The molecule has 1 aromatic carbocycles. The van der Waals surface area contributed by atoms with E-state index in [1.807, 2.05) is 0 Å². The molecule has 0 unspecified atom stereocenters. The number of unbranched alkanes of at least 4 members (excludes halogenated alkanes) is 6. The second-order valence-corrected chi connectivity index (χ2v) is 8.78. The fourth-order valence-electron chi connectivity index (χ4n) is 4.82. The van der Waals surface area contributed by atoms with Crippen LogP contribution in [0.2, 0.25) is 0 Å². The van der Waals surface area contributed by atoms with Crippen LogP contribution in [0, 0.1) is 24.0 Å². The molecule has 2 N–H and O–H groups in total. The summed E-state index contributed by atoms with van der Waals surface area (Å²) >= 11 is 0. The van der Waals surface area contributed by atoms with Crippen LogP contribution in [0.1, 0.15) is 88.9 Å². The monoisotopic (exact) mass is 443 g/mol. The van der Waals surface area contributed by atoms with Crippen molar-refractivity contribution in [3.05, 3.63) is 35.0 Å². The Kier molecular flexibility index (Phi) is 8.69. The topological polar surface area (TPSA) is 48.1 Å². The zero-order valence-corrected chi connectivity index (χ0v) is 19.3. The molecule has 4 nitrogen and oxygen atoms in total. The van der Waals surface area contributed by atoms with Gasteiger partial charge >= 0.3 is 0 Å². The summed E-state index contributed by atoms with van der Waals surface area (Å²) in [4.78, 5) is 17.8. The summed E-state index contributed by atoms with van der Waals surface area (Å²) in [6.07, 6.45) is 15.2. The highest BCUT2D eigenvalue weighted by Crippen LogP contribution is 2.40. The molecule has 0 saturated carbocycles. The Morgan fingerprint density at radius 3 is 2.59 bits per heavy atom. The number of nitrogens with one attached hydrogen (secondary N) is 2. The first-order valence-corrected chi connectivity index (χ1v) is 12.0. The van der Waals surface area contributed by atoms with E-state index in [1.54, 1.807) is 4.90 Å². The maximum atomic E-state index is 14.6. The Morgan fingerprint density at radius 2 is 1.88 bits per heavy atom. The summed E-state index contributed by atoms with van der Waals surface area (Å²) in [5.41, 5.74) is 1.96. The van der Waals surface area contributed by atoms with Gasteiger partial charge in [0.25, 0.3) is 5.91 Å². The lowest BCUT2D eigenvalue weighted by Gasteiger charge is -2.41. The minimum absolute atomic E-state index is 0.289. The average Bonchev–Trinajstić information content (AvgIpc) is 3.14. The van der Waals surface area contributed by atoms with Gasteiger partial charge in [0.15, 0.2) is 0 Å². The maximum Gasteiger partial charge on any atom is 0.300 e. The normalized spacial score (nSPS) is 18.0. The van der Waals surface area contributed by atoms with E-state index in [9.17, 15) is 13.6 Å². The highest BCUT2D eigenvalue weighted by atomic mass is 19.1. The lowest BCUT2D eigenvalue weighted by molar-refractivity contribution is -0.132. The van der Waals surface area contributed by atoms with Crippen LogP contribution in [0.5, 0.6) is 0 Å². The predicted octanol–water partition coefficient (Wildman–Crippen LogP) is 5.97. The van der Waals surface area contributed by atoms with Gasteiger partial charge in [-0.15, -0.1) is 6.42 Å². The van der Waals surface area contributed by atoms with Crippen molar-refractivity contribution >= 4 is 16.8 Å². The molecule has 3 rings (SSSR count). The van der Waals surface area contributed by atoms with Crippen molar-refractivity contribution in [1.29, 1.82) is 0 Å². The molecule has 2 heterocycles. The summed E-state index contributed by atoms with van der Waals surface area (Å²) in [6.45, 7) is 5.05. The van der Waals surface area contributed by atoms with Crippen molar-refractivity contribution in [2.45, 2.75) is 90.3 Å². The van der Waals surface area contributed by atoms with Gasteiger partial charge in [-0.3, -0.25) is 10.1 Å². The second-order valence-electron chi connectivity index (χ2n) is 8.78. The Labute approximate surface area is 190 Å². The number of benzene rings is 1. The number of carbonyl (C=O) groups excluding carboxylic acids is 1. The molecular formula is C26H35F2N3O. The molecule has 1 aromatic heterocycles. The molecule has 0 spiro atoms. The average molecular weight is 444 g/mol. The third-order valence-electron chi connectivity index (χ3n) is 6.47. The number of aromatic amines is 1. The number of hydrogen-bond acceptors (Lipinski definition) is 2. The Hall–Kier alpha value is -2.39. The van der Waals surface area contributed by atoms with E-state index in [0.717, 1.165) is 62.4 Å². The highest BCUT2D eigenvalue weighted by molar-refractivity contribution is 5.94.